The Bertz CT molecular complexity index is 831. The minimum Gasteiger partial charge on any atom is -0.494 e. The summed E-state index contributed by atoms with van der Waals surface area (Å²) in [5, 5.41) is 2.62. The van der Waals surface area contributed by atoms with Crippen molar-refractivity contribution in [2.24, 2.45) is 5.73 Å². The normalized spacial score (nSPS) is 11.4. The molecule has 0 radical (unpaired) electrons. The zero-order valence-electron chi connectivity index (χ0n) is 16.6. The molecule has 0 unspecified atom stereocenters. The highest BCUT2D eigenvalue weighted by molar-refractivity contribution is 5.98. The summed E-state index contributed by atoms with van der Waals surface area (Å²) in [6, 6.07) is 12.7. The lowest BCUT2D eigenvalue weighted by Crippen LogP contribution is -2.30. The van der Waals surface area contributed by atoms with Gasteiger partial charge in [0, 0.05) is 11.3 Å². The first-order valence-corrected chi connectivity index (χ1v) is 9.55. The number of esters is 1. The van der Waals surface area contributed by atoms with Gasteiger partial charge >= 0.3 is 5.97 Å². The van der Waals surface area contributed by atoms with Crippen LogP contribution in [0.2, 0.25) is 0 Å². The van der Waals surface area contributed by atoms with E-state index in [4.69, 9.17) is 15.2 Å². The number of hydrogen-bond donors (Lipinski definition) is 2. The van der Waals surface area contributed by atoms with E-state index in [2.05, 4.69) is 12.2 Å². The number of primary amides is 1. The van der Waals surface area contributed by atoms with Crippen LogP contribution in [0.5, 0.6) is 5.75 Å². The first-order chi connectivity index (χ1) is 13.9. The Hall–Kier alpha value is -3.35. The van der Waals surface area contributed by atoms with Crippen molar-refractivity contribution in [3.8, 4) is 5.75 Å². The van der Waals surface area contributed by atoms with Crippen molar-refractivity contribution in [2.45, 2.75) is 39.2 Å². The van der Waals surface area contributed by atoms with Crippen molar-refractivity contribution in [3.63, 3.8) is 0 Å². The van der Waals surface area contributed by atoms with Crippen molar-refractivity contribution in [3.05, 3.63) is 59.7 Å². The van der Waals surface area contributed by atoms with Gasteiger partial charge in [0.1, 0.15) is 5.75 Å². The maximum atomic E-state index is 12.2. The Morgan fingerprint density at radius 2 is 1.59 bits per heavy atom. The average molecular weight is 398 g/mol. The number of unbranched alkanes of at least 4 members (excludes halogenated alkanes) is 2. The van der Waals surface area contributed by atoms with E-state index < -0.39 is 23.9 Å². The van der Waals surface area contributed by atoms with Gasteiger partial charge in [0.15, 0.2) is 6.10 Å². The molecule has 154 valence electrons. The van der Waals surface area contributed by atoms with Gasteiger partial charge in [-0.15, -0.1) is 0 Å². The van der Waals surface area contributed by atoms with Gasteiger partial charge in [-0.05, 0) is 61.9 Å². The van der Waals surface area contributed by atoms with Gasteiger partial charge in [0.05, 0.1) is 12.2 Å². The molecule has 2 rings (SSSR count). The lowest BCUT2D eigenvalue weighted by atomic mass is 10.2. The zero-order valence-corrected chi connectivity index (χ0v) is 16.6. The van der Waals surface area contributed by atoms with E-state index in [9.17, 15) is 14.4 Å². The molecule has 0 aromatic heterocycles. The Labute approximate surface area is 170 Å². The van der Waals surface area contributed by atoms with Crippen LogP contribution in [0.15, 0.2) is 48.5 Å². The molecule has 0 fully saturated rings. The molecule has 0 aliphatic rings. The standard InChI is InChI=1S/C22H26N2O5/c1-3-4-5-14-28-19-12-8-17(9-13-19)22(27)29-15(2)21(26)24-18-10-6-16(7-11-18)20(23)25/h6-13,15H,3-5,14H2,1-2H3,(H2,23,25)(H,24,26)/t15-/m0/s1. The number of nitrogens with one attached hydrogen (secondary N) is 1. The molecule has 0 spiro atoms. The molecule has 2 amide bonds. The molecule has 0 saturated carbocycles. The number of benzene rings is 2. The van der Waals surface area contributed by atoms with Crippen molar-refractivity contribution in [1.82, 2.24) is 0 Å². The van der Waals surface area contributed by atoms with Crippen LogP contribution in [0.4, 0.5) is 5.69 Å². The molecule has 0 heterocycles. The number of hydrogen-bond acceptors (Lipinski definition) is 5. The van der Waals surface area contributed by atoms with E-state index in [1.54, 1.807) is 36.4 Å². The van der Waals surface area contributed by atoms with Crippen LogP contribution in [-0.2, 0) is 9.53 Å². The molecule has 0 bridgehead atoms. The van der Waals surface area contributed by atoms with Gasteiger partial charge in [0.2, 0.25) is 5.91 Å². The topological polar surface area (TPSA) is 108 Å². The number of rotatable bonds is 10. The minimum absolute atomic E-state index is 0.330. The summed E-state index contributed by atoms with van der Waals surface area (Å²) in [5.74, 6) is -0.958. The van der Waals surface area contributed by atoms with E-state index in [-0.39, 0.29) is 0 Å². The predicted octanol–water partition coefficient (Wildman–Crippen LogP) is 3.54. The van der Waals surface area contributed by atoms with Crippen LogP contribution in [-0.4, -0.2) is 30.5 Å². The fourth-order valence-electron chi connectivity index (χ4n) is 2.47. The summed E-state index contributed by atoms with van der Waals surface area (Å²) in [6.45, 7) is 4.24. The third kappa shape index (κ3) is 6.95. The smallest absolute Gasteiger partial charge is 0.338 e. The van der Waals surface area contributed by atoms with Gasteiger partial charge in [-0.1, -0.05) is 19.8 Å². The number of amides is 2. The van der Waals surface area contributed by atoms with Crippen LogP contribution in [0, 0.1) is 0 Å². The Balaban J connectivity index is 1.85. The van der Waals surface area contributed by atoms with E-state index in [1.807, 2.05) is 0 Å². The fourth-order valence-corrected chi connectivity index (χ4v) is 2.47. The Morgan fingerprint density at radius 3 is 2.17 bits per heavy atom. The van der Waals surface area contributed by atoms with E-state index in [0.29, 0.717) is 29.2 Å². The summed E-state index contributed by atoms with van der Waals surface area (Å²) in [5.41, 5.74) is 6.31. The molecule has 0 aliphatic heterocycles. The molecule has 7 nitrogen and oxygen atoms in total. The third-order valence-corrected chi connectivity index (χ3v) is 4.20. The van der Waals surface area contributed by atoms with Crippen molar-refractivity contribution < 1.29 is 23.9 Å². The first kappa shape index (κ1) is 21.9. The predicted molar refractivity (Wildman–Crippen MR) is 110 cm³/mol. The van der Waals surface area contributed by atoms with Crippen molar-refractivity contribution in [1.29, 1.82) is 0 Å². The summed E-state index contributed by atoms with van der Waals surface area (Å²) in [6.07, 6.45) is 2.22. The molecule has 0 saturated heterocycles. The summed E-state index contributed by atoms with van der Waals surface area (Å²) >= 11 is 0. The largest absolute Gasteiger partial charge is 0.494 e. The highest BCUT2D eigenvalue weighted by Crippen LogP contribution is 2.15. The zero-order chi connectivity index (χ0) is 21.2. The lowest BCUT2D eigenvalue weighted by molar-refractivity contribution is -0.123. The van der Waals surface area contributed by atoms with Gasteiger partial charge in [0.25, 0.3) is 5.91 Å². The molecule has 7 heteroatoms. The van der Waals surface area contributed by atoms with Crippen LogP contribution in [0.25, 0.3) is 0 Å². The molecule has 0 aliphatic carbocycles. The molecular formula is C22H26N2O5. The van der Waals surface area contributed by atoms with Gasteiger partial charge in [-0.2, -0.15) is 0 Å². The van der Waals surface area contributed by atoms with E-state index in [1.165, 1.54) is 19.1 Å². The monoisotopic (exact) mass is 398 g/mol. The second kappa shape index (κ2) is 10.8. The number of ether oxygens (including phenoxy) is 2. The number of nitrogens with two attached hydrogens (primary N) is 1. The highest BCUT2D eigenvalue weighted by atomic mass is 16.5. The maximum Gasteiger partial charge on any atom is 0.338 e. The summed E-state index contributed by atoms with van der Waals surface area (Å²) < 4.78 is 10.8. The van der Waals surface area contributed by atoms with Crippen LogP contribution in [0.1, 0.15) is 53.8 Å². The third-order valence-electron chi connectivity index (χ3n) is 4.20. The number of anilines is 1. The van der Waals surface area contributed by atoms with Crippen LogP contribution in [0.3, 0.4) is 0 Å². The van der Waals surface area contributed by atoms with E-state index >= 15 is 0 Å². The van der Waals surface area contributed by atoms with Crippen LogP contribution < -0.4 is 15.8 Å². The van der Waals surface area contributed by atoms with Gasteiger partial charge < -0.3 is 20.5 Å². The minimum atomic E-state index is -0.997. The molecular weight excluding hydrogens is 372 g/mol. The van der Waals surface area contributed by atoms with Gasteiger partial charge in [-0.25, -0.2) is 4.79 Å². The molecule has 2 aromatic rings. The highest BCUT2D eigenvalue weighted by Gasteiger charge is 2.19. The molecule has 2 aromatic carbocycles. The molecule has 29 heavy (non-hydrogen) atoms. The fraction of sp³-hybridized carbons (Fsp3) is 0.318. The first-order valence-electron chi connectivity index (χ1n) is 9.55. The van der Waals surface area contributed by atoms with Gasteiger partial charge in [-0.3, -0.25) is 9.59 Å². The van der Waals surface area contributed by atoms with Crippen LogP contribution >= 0.6 is 0 Å². The molecule has 1 atom stereocenters. The number of carbonyl (C=O) groups excluding carboxylic acids is 3. The SMILES string of the molecule is CCCCCOc1ccc(C(=O)O[C@@H](C)C(=O)Nc2ccc(C(N)=O)cc2)cc1. The van der Waals surface area contributed by atoms with E-state index in [0.717, 1.165) is 19.3 Å². The summed E-state index contributed by atoms with van der Waals surface area (Å²) in [4.78, 5) is 35.5. The quantitative estimate of drug-likeness (QED) is 0.470. The number of carbonyl (C=O) groups is 3. The Kier molecular flexibility index (Phi) is 8.21. The Morgan fingerprint density at radius 1 is 0.966 bits per heavy atom. The average Bonchev–Trinajstić information content (AvgIpc) is 2.72. The van der Waals surface area contributed by atoms with Crippen molar-refractivity contribution >= 4 is 23.5 Å². The maximum absolute atomic E-state index is 12.2. The second-order valence-electron chi connectivity index (χ2n) is 6.56. The molecule has 3 N–H and O–H groups in total. The second-order valence-corrected chi connectivity index (χ2v) is 6.56. The van der Waals surface area contributed by atoms with Crippen molar-refractivity contribution in [2.75, 3.05) is 11.9 Å². The summed E-state index contributed by atoms with van der Waals surface area (Å²) in [7, 11) is 0. The lowest BCUT2D eigenvalue weighted by Gasteiger charge is -2.14.